The molecule has 0 saturated heterocycles. The summed E-state index contributed by atoms with van der Waals surface area (Å²) in [4.78, 5) is 0. The van der Waals surface area contributed by atoms with E-state index in [0.29, 0.717) is 17.2 Å². The molecule has 0 heterocycles. The van der Waals surface area contributed by atoms with Gasteiger partial charge in [0.05, 0.1) is 6.61 Å². The van der Waals surface area contributed by atoms with Crippen LogP contribution in [0.3, 0.4) is 0 Å². The zero-order chi connectivity index (χ0) is 12.4. The van der Waals surface area contributed by atoms with Gasteiger partial charge in [0.25, 0.3) is 0 Å². The lowest BCUT2D eigenvalue weighted by Gasteiger charge is -2.23. The molecule has 0 bridgehead atoms. The Balaban J connectivity index is 2.04. The Morgan fingerprint density at radius 1 is 1.53 bits per heavy atom. The first-order chi connectivity index (χ1) is 8.11. The first kappa shape index (κ1) is 12.3. The summed E-state index contributed by atoms with van der Waals surface area (Å²) >= 11 is 0. The summed E-state index contributed by atoms with van der Waals surface area (Å²) < 4.78 is 18.7. The molecule has 2 unspecified atom stereocenters. The van der Waals surface area contributed by atoms with Crippen molar-refractivity contribution in [1.82, 2.24) is 0 Å². The van der Waals surface area contributed by atoms with Gasteiger partial charge in [0, 0.05) is 6.04 Å². The van der Waals surface area contributed by atoms with Crippen LogP contribution >= 0.6 is 0 Å². The number of hydrogen-bond acceptors (Lipinski definition) is 3. The van der Waals surface area contributed by atoms with Gasteiger partial charge in [-0.05, 0) is 49.4 Å². The van der Waals surface area contributed by atoms with Crippen molar-refractivity contribution in [2.45, 2.75) is 31.9 Å². The molecule has 1 aliphatic carbocycles. The first-order valence-electron chi connectivity index (χ1n) is 5.91. The molecule has 0 radical (unpaired) electrons. The van der Waals surface area contributed by atoms with Crippen molar-refractivity contribution in [2.24, 2.45) is 11.7 Å². The largest absolute Gasteiger partial charge is 0.486 e. The van der Waals surface area contributed by atoms with E-state index in [2.05, 4.69) is 0 Å². The fraction of sp³-hybridized carbons (Fsp3) is 0.538. The molecule has 3 nitrogen and oxygen atoms in total. The van der Waals surface area contributed by atoms with E-state index in [0.717, 1.165) is 12.8 Å². The van der Waals surface area contributed by atoms with Crippen LogP contribution in [0.2, 0.25) is 0 Å². The summed E-state index contributed by atoms with van der Waals surface area (Å²) in [5, 5.41) is 9.28. The van der Waals surface area contributed by atoms with Gasteiger partial charge in [0.1, 0.15) is 17.7 Å². The van der Waals surface area contributed by atoms with Gasteiger partial charge in [-0.25, -0.2) is 4.39 Å². The number of aliphatic hydroxyl groups is 1. The molecule has 3 N–H and O–H groups in total. The molecule has 2 rings (SSSR count). The number of ether oxygens (including phenoxy) is 1. The van der Waals surface area contributed by atoms with Crippen molar-refractivity contribution < 1.29 is 14.2 Å². The van der Waals surface area contributed by atoms with Crippen molar-refractivity contribution in [2.75, 3.05) is 6.61 Å². The molecule has 1 fully saturated rings. The Kier molecular flexibility index (Phi) is 3.64. The van der Waals surface area contributed by atoms with Crippen molar-refractivity contribution in [1.29, 1.82) is 0 Å². The van der Waals surface area contributed by atoms with Crippen LogP contribution in [0.1, 0.15) is 18.4 Å². The monoisotopic (exact) mass is 239 g/mol. The highest BCUT2D eigenvalue weighted by Crippen LogP contribution is 2.33. The van der Waals surface area contributed by atoms with Crippen molar-refractivity contribution in [3.63, 3.8) is 0 Å². The van der Waals surface area contributed by atoms with Crippen LogP contribution in [0.25, 0.3) is 0 Å². The quantitative estimate of drug-likeness (QED) is 0.820. The van der Waals surface area contributed by atoms with Crippen molar-refractivity contribution in [3.05, 3.63) is 29.6 Å². The van der Waals surface area contributed by atoms with Gasteiger partial charge in [-0.3, -0.25) is 0 Å². The number of aryl methyl sites for hydroxylation is 1. The Bertz CT molecular complexity index is 393. The van der Waals surface area contributed by atoms with E-state index >= 15 is 0 Å². The Hall–Kier alpha value is -1.13. The van der Waals surface area contributed by atoms with Crippen LogP contribution in [-0.4, -0.2) is 23.9 Å². The Morgan fingerprint density at radius 3 is 2.76 bits per heavy atom. The van der Waals surface area contributed by atoms with Gasteiger partial charge < -0.3 is 15.6 Å². The lowest BCUT2D eigenvalue weighted by molar-refractivity contribution is 0.0881. The number of aliphatic hydroxyl groups excluding tert-OH is 1. The maximum absolute atomic E-state index is 13.1. The summed E-state index contributed by atoms with van der Waals surface area (Å²) in [6.07, 6.45) is 1.79. The second-order valence-electron chi connectivity index (χ2n) is 4.66. The minimum Gasteiger partial charge on any atom is -0.486 e. The fourth-order valence-corrected chi connectivity index (χ4v) is 1.89. The maximum Gasteiger partial charge on any atom is 0.137 e. The second kappa shape index (κ2) is 5.02. The van der Waals surface area contributed by atoms with Crippen LogP contribution in [0.4, 0.5) is 4.39 Å². The van der Waals surface area contributed by atoms with Gasteiger partial charge in [-0.2, -0.15) is 0 Å². The molecule has 0 amide bonds. The van der Waals surface area contributed by atoms with Gasteiger partial charge >= 0.3 is 0 Å². The molecule has 94 valence electrons. The van der Waals surface area contributed by atoms with Gasteiger partial charge in [-0.15, -0.1) is 0 Å². The third-order valence-corrected chi connectivity index (χ3v) is 3.19. The molecule has 1 saturated carbocycles. The van der Waals surface area contributed by atoms with Crippen LogP contribution in [0.5, 0.6) is 5.75 Å². The average Bonchev–Trinajstić information content (AvgIpc) is 3.13. The van der Waals surface area contributed by atoms with E-state index in [4.69, 9.17) is 10.5 Å². The van der Waals surface area contributed by atoms with Gasteiger partial charge in [0.2, 0.25) is 0 Å². The molecule has 1 aromatic rings. The molecular formula is C13H18FNO2. The zero-order valence-corrected chi connectivity index (χ0v) is 9.90. The molecule has 0 aliphatic heterocycles. The van der Waals surface area contributed by atoms with Crippen LogP contribution in [0.15, 0.2) is 18.2 Å². The molecule has 17 heavy (non-hydrogen) atoms. The highest BCUT2D eigenvalue weighted by atomic mass is 19.1. The van der Waals surface area contributed by atoms with E-state index < -0.39 is 6.10 Å². The highest BCUT2D eigenvalue weighted by Gasteiger charge is 2.34. The fourth-order valence-electron chi connectivity index (χ4n) is 1.89. The Labute approximate surface area is 100 Å². The highest BCUT2D eigenvalue weighted by molar-refractivity contribution is 5.29. The van der Waals surface area contributed by atoms with E-state index in [1.165, 1.54) is 6.07 Å². The molecule has 1 aliphatic rings. The molecule has 4 heteroatoms. The normalized spacial score (nSPS) is 18.8. The van der Waals surface area contributed by atoms with E-state index in [9.17, 15) is 9.50 Å². The number of halogens is 1. The zero-order valence-electron chi connectivity index (χ0n) is 9.90. The summed E-state index contributed by atoms with van der Waals surface area (Å²) in [6.45, 7) is 1.56. The number of benzene rings is 1. The number of nitrogens with two attached hydrogens (primary N) is 1. The smallest absolute Gasteiger partial charge is 0.137 e. The Morgan fingerprint density at radius 2 is 2.24 bits per heavy atom. The first-order valence-corrected chi connectivity index (χ1v) is 5.91. The topological polar surface area (TPSA) is 55.5 Å². The van der Waals surface area contributed by atoms with Crippen molar-refractivity contribution in [3.8, 4) is 5.75 Å². The minimum atomic E-state index is -0.410. The minimum absolute atomic E-state index is 0.117. The molecule has 0 spiro atoms. The van der Waals surface area contributed by atoms with E-state index in [-0.39, 0.29) is 18.5 Å². The van der Waals surface area contributed by atoms with E-state index in [1.54, 1.807) is 19.1 Å². The lowest BCUT2D eigenvalue weighted by atomic mass is 10.1. The second-order valence-corrected chi connectivity index (χ2v) is 4.66. The SMILES string of the molecule is Cc1cc(OC(CO)C(N)C2CC2)ccc1F. The summed E-state index contributed by atoms with van der Waals surface area (Å²) in [5.41, 5.74) is 6.52. The molecule has 0 aromatic heterocycles. The average molecular weight is 239 g/mol. The summed E-state index contributed by atoms with van der Waals surface area (Å²) in [7, 11) is 0. The number of hydrogen-bond donors (Lipinski definition) is 2. The summed E-state index contributed by atoms with van der Waals surface area (Å²) in [6, 6.07) is 4.40. The van der Waals surface area contributed by atoms with Crippen LogP contribution in [0, 0.1) is 18.7 Å². The standard InChI is InChI=1S/C13H18FNO2/c1-8-6-10(4-5-11(8)14)17-12(7-16)13(15)9-2-3-9/h4-6,9,12-13,16H,2-3,7,15H2,1H3. The summed E-state index contributed by atoms with van der Waals surface area (Å²) in [5.74, 6) is 0.747. The third kappa shape index (κ3) is 2.96. The molecular weight excluding hydrogens is 221 g/mol. The predicted molar refractivity (Wildman–Crippen MR) is 63.3 cm³/mol. The van der Waals surface area contributed by atoms with E-state index in [1.807, 2.05) is 0 Å². The lowest BCUT2D eigenvalue weighted by Crippen LogP contribution is -2.43. The van der Waals surface area contributed by atoms with Crippen LogP contribution in [-0.2, 0) is 0 Å². The maximum atomic E-state index is 13.1. The predicted octanol–water partition coefficient (Wildman–Crippen LogP) is 1.61. The van der Waals surface area contributed by atoms with Gasteiger partial charge in [-0.1, -0.05) is 0 Å². The molecule has 2 atom stereocenters. The number of rotatable bonds is 5. The third-order valence-electron chi connectivity index (χ3n) is 3.19. The van der Waals surface area contributed by atoms with Crippen molar-refractivity contribution >= 4 is 0 Å². The van der Waals surface area contributed by atoms with Gasteiger partial charge in [0.15, 0.2) is 0 Å². The molecule has 1 aromatic carbocycles. The van der Waals surface area contributed by atoms with Crippen LogP contribution < -0.4 is 10.5 Å².